The number of anilines is 6. The van der Waals surface area contributed by atoms with Gasteiger partial charge >= 0.3 is 11.9 Å². The highest BCUT2D eigenvalue weighted by Crippen LogP contribution is 2.35. The van der Waals surface area contributed by atoms with Gasteiger partial charge in [0.05, 0.1) is 0 Å². The molecule has 0 bridgehead atoms. The molecule has 2 N–H and O–H groups in total. The lowest BCUT2D eigenvalue weighted by molar-refractivity contribution is -0.145. The third-order valence-corrected chi connectivity index (χ3v) is 10.0. The highest BCUT2D eigenvalue weighted by Gasteiger charge is 2.19. The minimum atomic E-state index is -0.417. The van der Waals surface area contributed by atoms with Crippen LogP contribution in [0.1, 0.15) is 65.0 Å². The lowest BCUT2D eigenvalue weighted by Crippen LogP contribution is -2.35. The van der Waals surface area contributed by atoms with E-state index in [1.165, 1.54) is 12.2 Å². The second-order valence-electron chi connectivity index (χ2n) is 16.0. The molecule has 0 radical (unpaired) electrons. The number of para-hydroxylation sites is 4. The van der Waals surface area contributed by atoms with Gasteiger partial charge in [-0.15, -0.1) is 0 Å². The summed E-state index contributed by atoms with van der Waals surface area (Å²) in [7, 11) is 0. The van der Waals surface area contributed by atoms with Gasteiger partial charge < -0.3 is 29.9 Å². The smallest absolute Gasteiger partial charge is 0.330 e. The van der Waals surface area contributed by atoms with Crippen LogP contribution >= 0.6 is 0 Å². The Morgan fingerprint density at radius 2 is 0.866 bits per heavy atom. The van der Waals surface area contributed by atoms with Crippen molar-refractivity contribution in [3.63, 3.8) is 0 Å². The Hall–Kier alpha value is -7.72. The number of hydrogen-bond donors (Lipinski definition) is 2. The third kappa shape index (κ3) is 18.0. The number of amides is 2. The number of carbonyl (C=O) groups is 4. The molecule has 0 aromatic heterocycles. The van der Waals surface area contributed by atoms with Crippen LogP contribution in [0.15, 0.2) is 195 Å². The standard InChI is InChI=1S/C29H34N2O3.C22H19NO2.C6H11NO/c1-4-24(29(33)30-22(2)3)17-20-28(32)34-21-23-15-18-27(19-16-23)31(25-11-7-5-8-12-25)26-13-9-6-10-14-26;1-2-22(24)25-17-18-13-15-21(16-14-18)23(19-9-5-3-6-10-19)20-11-7-4-8-12-20;1-4-6(8)7-5(2)3/h5-16,18-19,22,24H,4,17,20-21H2,1-3H3,(H,30,33);2-16H,1,17H2;4-5H,1H2,2-3H3,(H,7,8). The zero-order valence-electron chi connectivity index (χ0n) is 39.3. The Balaban J connectivity index is 0.000000259. The van der Waals surface area contributed by atoms with Gasteiger partial charge in [-0.25, -0.2) is 4.79 Å². The number of nitrogens with one attached hydrogen (secondary N) is 2. The van der Waals surface area contributed by atoms with Crippen molar-refractivity contribution in [1.82, 2.24) is 10.6 Å². The van der Waals surface area contributed by atoms with Gasteiger partial charge in [-0.2, -0.15) is 0 Å². The van der Waals surface area contributed by atoms with E-state index < -0.39 is 5.97 Å². The summed E-state index contributed by atoms with van der Waals surface area (Å²) in [5.74, 6) is -0.979. The van der Waals surface area contributed by atoms with Gasteiger partial charge in [0.25, 0.3) is 0 Å². The summed E-state index contributed by atoms with van der Waals surface area (Å²) in [6.45, 7) is 16.8. The predicted molar refractivity (Wildman–Crippen MR) is 272 cm³/mol. The Kier molecular flexibility index (Phi) is 21.9. The average molecular weight is 901 g/mol. The SMILES string of the molecule is C=CC(=O)NC(C)C.C=CC(=O)OCc1ccc(N(c2ccccc2)c2ccccc2)cc1.CCC(CCC(=O)OCc1ccc(N(c2ccccc2)c2ccccc2)cc1)C(=O)NC(C)C. The summed E-state index contributed by atoms with van der Waals surface area (Å²) in [6, 6.07) is 57.1. The van der Waals surface area contributed by atoms with Crippen molar-refractivity contribution in [2.75, 3.05) is 9.80 Å². The average Bonchev–Trinajstić information content (AvgIpc) is 3.35. The lowest BCUT2D eigenvalue weighted by Gasteiger charge is -2.25. The van der Waals surface area contributed by atoms with E-state index in [1.807, 2.05) is 156 Å². The highest BCUT2D eigenvalue weighted by molar-refractivity contribution is 5.87. The number of rotatable bonds is 19. The number of esters is 2. The number of nitrogens with zero attached hydrogens (tertiary/aromatic N) is 2. The Morgan fingerprint density at radius 1 is 0.507 bits per heavy atom. The van der Waals surface area contributed by atoms with Crippen molar-refractivity contribution in [1.29, 1.82) is 0 Å². The van der Waals surface area contributed by atoms with E-state index in [-0.39, 0.29) is 55.4 Å². The van der Waals surface area contributed by atoms with Crippen molar-refractivity contribution < 1.29 is 28.7 Å². The van der Waals surface area contributed by atoms with Crippen molar-refractivity contribution in [3.05, 3.63) is 206 Å². The first-order valence-corrected chi connectivity index (χ1v) is 22.6. The van der Waals surface area contributed by atoms with Crippen LogP contribution in [-0.2, 0) is 41.9 Å². The molecule has 348 valence electrons. The van der Waals surface area contributed by atoms with E-state index >= 15 is 0 Å². The van der Waals surface area contributed by atoms with Crippen LogP contribution in [-0.4, -0.2) is 35.8 Å². The first-order valence-electron chi connectivity index (χ1n) is 22.6. The van der Waals surface area contributed by atoms with Crippen LogP contribution < -0.4 is 20.4 Å². The fraction of sp³-hybridized carbons (Fsp3) is 0.228. The second kappa shape index (κ2) is 28.2. The number of carbonyl (C=O) groups excluding carboxylic acids is 4. The molecule has 0 spiro atoms. The van der Waals surface area contributed by atoms with Crippen LogP contribution in [0.5, 0.6) is 0 Å². The molecular weight excluding hydrogens is 837 g/mol. The molecule has 67 heavy (non-hydrogen) atoms. The minimum absolute atomic E-state index is 0.00211. The van der Waals surface area contributed by atoms with Gasteiger partial charge in [0.1, 0.15) is 13.2 Å². The monoisotopic (exact) mass is 900 g/mol. The molecule has 0 aliphatic heterocycles. The molecule has 6 aromatic rings. The van der Waals surface area contributed by atoms with Crippen molar-refractivity contribution in [3.8, 4) is 0 Å². The molecule has 0 aliphatic rings. The van der Waals surface area contributed by atoms with Gasteiger partial charge in [-0.05, 0) is 131 Å². The van der Waals surface area contributed by atoms with Gasteiger partial charge in [0.2, 0.25) is 11.8 Å². The van der Waals surface area contributed by atoms with Crippen molar-refractivity contribution >= 4 is 57.9 Å². The fourth-order valence-electron chi connectivity index (χ4n) is 6.69. The molecular formula is C57H64N4O6. The topological polar surface area (TPSA) is 117 Å². The minimum Gasteiger partial charge on any atom is -0.461 e. The number of ether oxygens (including phenoxy) is 2. The third-order valence-electron chi connectivity index (χ3n) is 10.0. The first kappa shape index (κ1) is 51.9. The highest BCUT2D eigenvalue weighted by atomic mass is 16.5. The van der Waals surface area contributed by atoms with Crippen molar-refractivity contribution in [2.24, 2.45) is 5.92 Å². The Bertz CT molecular complexity index is 2330. The summed E-state index contributed by atoms with van der Waals surface area (Å²) in [5, 5.41) is 5.55. The first-order chi connectivity index (χ1) is 32.4. The molecule has 0 aliphatic carbocycles. The lowest BCUT2D eigenvalue weighted by atomic mass is 9.99. The van der Waals surface area contributed by atoms with Crippen LogP contribution in [0.25, 0.3) is 0 Å². The molecule has 0 saturated heterocycles. The summed E-state index contributed by atoms with van der Waals surface area (Å²) in [4.78, 5) is 50.4. The summed E-state index contributed by atoms with van der Waals surface area (Å²) >= 11 is 0. The molecule has 0 heterocycles. The number of hydrogen-bond acceptors (Lipinski definition) is 8. The van der Waals surface area contributed by atoms with Gasteiger partial charge in [-0.3, -0.25) is 14.4 Å². The van der Waals surface area contributed by atoms with E-state index in [1.54, 1.807) is 0 Å². The normalized spacial score (nSPS) is 10.7. The molecule has 2 amide bonds. The summed E-state index contributed by atoms with van der Waals surface area (Å²) < 4.78 is 10.5. The van der Waals surface area contributed by atoms with E-state index in [0.29, 0.717) is 12.8 Å². The summed E-state index contributed by atoms with van der Waals surface area (Å²) in [5.41, 5.74) is 8.22. The van der Waals surface area contributed by atoms with E-state index in [2.05, 4.69) is 82.1 Å². The fourth-order valence-corrected chi connectivity index (χ4v) is 6.69. The molecule has 1 atom stereocenters. The van der Waals surface area contributed by atoms with E-state index in [0.717, 1.165) is 45.3 Å². The molecule has 1 unspecified atom stereocenters. The molecule has 0 fully saturated rings. The molecule has 6 rings (SSSR count). The maximum atomic E-state index is 12.3. The van der Waals surface area contributed by atoms with Crippen molar-refractivity contribution in [2.45, 2.75) is 79.2 Å². The maximum absolute atomic E-state index is 12.3. The van der Waals surface area contributed by atoms with Crippen LogP contribution in [0.4, 0.5) is 34.1 Å². The maximum Gasteiger partial charge on any atom is 0.330 e. The van der Waals surface area contributed by atoms with E-state index in [9.17, 15) is 19.2 Å². The van der Waals surface area contributed by atoms with Crippen LogP contribution in [0, 0.1) is 5.92 Å². The van der Waals surface area contributed by atoms with Crippen LogP contribution in [0.3, 0.4) is 0 Å². The van der Waals surface area contributed by atoms with Gasteiger partial charge in [0.15, 0.2) is 0 Å². The van der Waals surface area contributed by atoms with Gasteiger partial charge in [0, 0.05) is 64.6 Å². The predicted octanol–water partition coefficient (Wildman–Crippen LogP) is 12.6. The Labute approximate surface area is 397 Å². The van der Waals surface area contributed by atoms with Gasteiger partial charge in [-0.1, -0.05) is 117 Å². The molecule has 10 heteroatoms. The van der Waals surface area contributed by atoms with Crippen LogP contribution in [0.2, 0.25) is 0 Å². The molecule has 0 saturated carbocycles. The Morgan fingerprint density at radius 3 is 1.18 bits per heavy atom. The zero-order valence-corrected chi connectivity index (χ0v) is 39.3. The summed E-state index contributed by atoms with van der Waals surface area (Å²) in [6.07, 6.45) is 3.86. The quantitative estimate of drug-likeness (QED) is 0.0610. The zero-order chi connectivity index (χ0) is 48.4. The molecule has 10 nitrogen and oxygen atoms in total. The number of benzene rings is 6. The second-order valence-corrected chi connectivity index (χ2v) is 16.0. The largest absolute Gasteiger partial charge is 0.461 e. The van der Waals surface area contributed by atoms with E-state index in [4.69, 9.17) is 9.47 Å². The molecule has 6 aromatic carbocycles.